The number of nitro groups is 1. The Morgan fingerprint density at radius 3 is 2.77 bits per heavy atom. The molecule has 1 aliphatic rings. The van der Waals surface area contributed by atoms with Crippen LogP contribution in [0.3, 0.4) is 0 Å². The van der Waals surface area contributed by atoms with Crippen LogP contribution in [0.1, 0.15) is 49.3 Å². The van der Waals surface area contributed by atoms with Crippen LogP contribution in [-0.2, 0) is 4.79 Å². The number of carbonyl (C=O) groups is 1. The number of carbonyl (C=O) groups excluding carboxylic acids is 1. The van der Waals surface area contributed by atoms with E-state index >= 15 is 0 Å². The minimum Gasteiger partial charge on any atom is -0.461 e. The van der Waals surface area contributed by atoms with Crippen molar-refractivity contribution >= 4 is 17.7 Å². The van der Waals surface area contributed by atoms with Crippen molar-refractivity contribution in [2.45, 2.75) is 32.2 Å². The van der Waals surface area contributed by atoms with E-state index in [4.69, 9.17) is 4.42 Å². The molecule has 136 valence electrons. The number of nitrogens with zero attached hydrogens (tertiary/aromatic N) is 2. The third-order valence-electron chi connectivity index (χ3n) is 5.00. The fourth-order valence-electron chi connectivity index (χ4n) is 2.96. The summed E-state index contributed by atoms with van der Waals surface area (Å²) >= 11 is 0. The van der Waals surface area contributed by atoms with Crippen molar-refractivity contribution in [3.63, 3.8) is 0 Å². The van der Waals surface area contributed by atoms with Crippen molar-refractivity contribution in [2.24, 2.45) is 5.92 Å². The Kier molecular flexibility index (Phi) is 4.93. The van der Waals surface area contributed by atoms with Crippen molar-refractivity contribution in [3.8, 4) is 0 Å². The molecule has 6 nitrogen and oxygen atoms in total. The summed E-state index contributed by atoms with van der Waals surface area (Å²) in [5.74, 6) is 2.61. The Labute approximate surface area is 152 Å². The number of rotatable bonds is 6. The van der Waals surface area contributed by atoms with Gasteiger partial charge in [-0.1, -0.05) is 19.1 Å². The smallest absolute Gasteiger partial charge is 0.269 e. The summed E-state index contributed by atoms with van der Waals surface area (Å²) in [7, 11) is 1.68. The molecule has 0 N–H and O–H groups in total. The van der Waals surface area contributed by atoms with E-state index in [2.05, 4.69) is 6.92 Å². The highest BCUT2D eigenvalue weighted by Gasteiger charge is 2.36. The number of amides is 1. The summed E-state index contributed by atoms with van der Waals surface area (Å²) in [6.07, 6.45) is 4.28. The van der Waals surface area contributed by atoms with E-state index in [0.29, 0.717) is 23.2 Å². The van der Waals surface area contributed by atoms with E-state index in [1.54, 1.807) is 30.2 Å². The van der Waals surface area contributed by atoms with Crippen LogP contribution in [-0.4, -0.2) is 22.8 Å². The molecule has 2 aromatic rings. The highest BCUT2D eigenvalue weighted by Crippen LogP contribution is 2.47. The zero-order valence-electron chi connectivity index (χ0n) is 15.1. The van der Waals surface area contributed by atoms with Crippen molar-refractivity contribution in [1.82, 2.24) is 4.90 Å². The highest BCUT2D eigenvalue weighted by atomic mass is 16.6. The quantitative estimate of drug-likeness (QED) is 0.433. The minimum atomic E-state index is -0.437. The average molecular weight is 354 g/mol. The third-order valence-corrected chi connectivity index (χ3v) is 5.00. The molecule has 1 heterocycles. The first-order valence-electron chi connectivity index (χ1n) is 8.65. The molecule has 0 spiro atoms. The minimum absolute atomic E-state index is 0.0168. The van der Waals surface area contributed by atoms with Gasteiger partial charge in [-0.25, -0.2) is 0 Å². The molecule has 0 bridgehead atoms. The maximum absolute atomic E-state index is 12.4. The Balaban J connectivity index is 1.66. The normalized spacial score (nSPS) is 20.1. The van der Waals surface area contributed by atoms with Gasteiger partial charge in [-0.15, -0.1) is 0 Å². The maximum Gasteiger partial charge on any atom is 0.269 e. The molecule has 1 aromatic heterocycles. The van der Waals surface area contributed by atoms with Crippen LogP contribution >= 0.6 is 0 Å². The van der Waals surface area contributed by atoms with Crippen LogP contribution in [0.4, 0.5) is 5.69 Å². The average Bonchev–Trinajstić information content (AvgIpc) is 3.18. The van der Waals surface area contributed by atoms with Gasteiger partial charge >= 0.3 is 0 Å². The summed E-state index contributed by atoms with van der Waals surface area (Å²) < 4.78 is 5.76. The van der Waals surface area contributed by atoms with Crippen LogP contribution in [0.25, 0.3) is 6.08 Å². The predicted octanol–water partition coefficient (Wildman–Crippen LogP) is 4.54. The molecule has 1 fully saturated rings. The first-order chi connectivity index (χ1) is 12.4. The number of hydrogen-bond acceptors (Lipinski definition) is 4. The number of nitro benzene ring substituents is 1. The van der Waals surface area contributed by atoms with Gasteiger partial charge in [0.15, 0.2) is 0 Å². The Bertz CT molecular complexity index is 855. The number of furan rings is 1. The largest absolute Gasteiger partial charge is 0.461 e. The molecule has 0 aliphatic heterocycles. The standard InChI is InChI=1S/C20H22N2O4/c1-13-11-18(13)19-9-7-17(26-19)8-10-20(23)21(3)14(2)15-5-4-6-16(12-15)22(24)25/h4-10,12-14,18H,11H2,1-3H3/b10-8+. The van der Waals surface area contributed by atoms with Gasteiger partial charge < -0.3 is 9.32 Å². The highest BCUT2D eigenvalue weighted by molar-refractivity contribution is 5.91. The zero-order valence-corrected chi connectivity index (χ0v) is 15.1. The van der Waals surface area contributed by atoms with E-state index in [0.717, 1.165) is 12.2 Å². The molecule has 26 heavy (non-hydrogen) atoms. The third kappa shape index (κ3) is 3.85. The molecule has 6 heteroatoms. The molecule has 1 amide bonds. The summed E-state index contributed by atoms with van der Waals surface area (Å²) in [5.41, 5.74) is 0.731. The van der Waals surface area contributed by atoms with Gasteiger partial charge in [0.05, 0.1) is 11.0 Å². The van der Waals surface area contributed by atoms with E-state index in [1.807, 2.05) is 19.1 Å². The van der Waals surface area contributed by atoms with Crippen LogP contribution in [0.15, 0.2) is 46.9 Å². The first kappa shape index (κ1) is 17.9. The topological polar surface area (TPSA) is 76.6 Å². The molecule has 0 saturated heterocycles. The summed E-state index contributed by atoms with van der Waals surface area (Å²) in [6, 6.07) is 9.89. The molecule has 3 unspecified atom stereocenters. The van der Waals surface area contributed by atoms with Gasteiger partial charge in [0.1, 0.15) is 11.5 Å². The van der Waals surface area contributed by atoms with E-state index < -0.39 is 4.92 Å². The second-order valence-corrected chi connectivity index (χ2v) is 6.87. The monoisotopic (exact) mass is 354 g/mol. The number of benzene rings is 1. The maximum atomic E-state index is 12.4. The van der Waals surface area contributed by atoms with Crippen LogP contribution in [0.5, 0.6) is 0 Å². The first-order valence-corrected chi connectivity index (χ1v) is 8.65. The second kappa shape index (κ2) is 7.15. The fourth-order valence-corrected chi connectivity index (χ4v) is 2.96. The van der Waals surface area contributed by atoms with Crippen molar-refractivity contribution in [3.05, 3.63) is 69.7 Å². The second-order valence-electron chi connectivity index (χ2n) is 6.87. The summed E-state index contributed by atoms with van der Waals surface area (Å²) in [5, 5.41) is 10.9. The fraction of sp³-hybridized carbons (Fsp3) is 0.350. The van der Waals surface area contributed by atoms with Crippen LogP contribution < -0.4 is 0 Å². The predicted molar refractivity (Wildman–Crippen MR) is 98.5 cm³/mol. The van der Waals surface area contributed by atoms with E-state index in [1.165, 1.54) is 18.2 Å². The summed E-state index contributed by atoms with van der Waals surface area (Å²) in [4.78, 5) is 24.4. The van der Waals surface area contributed by atoms with Gasteiger partial charge in [-0.05, 0) is 43.0 Å². The Morgan fingerprint density at radius 2 is 2.12 bits per heavy atom. The molecule has 0 radical (unpaired) electrons. The molecule has 3 atom stereocenters. The number of non-ortho nitro benzene ring substituents is 1. The zero-order chi connectivity index (χ0) is 18.8. The Hall–Kier alpha value is -2.89. The van der Waals surface area contributed by atoms with Crippen LogP contribution in [0.2, 0.25) is 0 Å². The lowest BCUT2D eigenvalue weighted by Crippen LogP contribution is -2.28. The van der Waals surface area contributed by atoms with Gasteiger partial charge in [-0.2, -0.15) is 0 Å². The number of likely N-dealkylation sites (N-methyl/N-ethyl adjacent to an activating group) is 1. The van der Waals surface area contributed by atoms with Crippen molar-refractivity contribution in [1.29, 1.82) is 0 Å². The van der Waals surface area contributed by atoms with Gasteiger partial charge in [-0.3, -0.25) is 14.9 Å². The number of hydrogen-bond donors (Lipinski definition) is 0. The molecular formula is C20H22N2O4. The SMILES string of the molecule is CC1CC1c1ccc(/C=C/C(=O)N(C)C(C)c2cccc([N+](=O)[O-])c2)o1. The molecule has 1 aliphatic carbocycles. The van der Waals surface area contributed by atoms with Gasteiger partial charge in [0, 0.05) is 31.2 Å². The lowest BCUT2D eigenvalue weighted by molar-refractivity contribution is -0.384. The lowest BCUT2D eigenvalue weighted by atomic mass is 10.1. The molecular weight excluding hydrogens is 332 g/mol. The molecule has 1 saturated carbocycles. The molecule has 3 rings (SSSR count). The van der Waals surface area contributed by atoms with Gasteiger partial charge in [0.2, 0.25) is 5.91 Å². The Morgan fingerprint density at radius 1 is 1.38 bits per heavy atom. The summed E-state index contributed by atoms with van der Waals surface area (Å²) in [6.45, 7) is 4.03. The van der Waals surface area contributed by atoms with E-state index in [9.17, 15) is 14.9 Å². The lowest BCUT2D eigenvalue weighted by Gasteiger charge is -2.24. The van der Waals surface area contributed by atoms with Crippen molar-refractivity contribution in [2.75, 3.05) is 7.05 Å². The van der Waals surface area contributed by atoms with Crippen molar-refractivity contribution < 1.29 is 14.1 Å². The van der Waals surface area contributed by atoms with Gasteiger partial charge in [0.25, 0.3) is 5.69 Å². The van der Waals surface area contributed by atoms with Crippen LogP contribution in [0, 0.1) is 16.0 Å². The van der Waals surface area contributed by atoms with E-state index in [-0.39, 0.29) is 17.6 Å². The molecule has 1 aromatic carbocycles.